The Morgan fingerprint density at radius 2 is 1.40 bits per heavy atom. The Labute approximate surface area is 126 Å². The van der Waals surface area contributed by atoms with E-state index in [0.717, 1.165) is 0 Å². The van der Waals surface area contributed by atoms with Crippen LogP contribution in [0.3, 0.4) is 0 Å². The summed E-state index contributed by atoms with van der Waals surface area (Å²) in [6.45, 7) is 4.43. The van der Waals surface area contributed by atoms with Gasteiger partial charge in [-0.3, -0.25) is 0 Å². The maximum Gasteiger partial charge on any atom is 0.0317 e. The second-order valence-corrected chi connectivity index (χ2v) is 6.02. The average molecular weight is 275 g/mol. The Hall–Kier alpha value is -0.820. The van der Waals surface area contributed by atoms with E-state index in [2.05, 4.69) is 50.5 Å². The maximum atomic E-state index is 3.46. The SMILES string of the molecule is CCCCCCCCCCC(NC)c1ccc(C)cc1. The molecule has 0 aliphatic rings. The van der Waals surface area contributed by atoms with Crippen molar-refractivity contribution < 1.29 is 0 Å². The van der Waals surface area contributed by atoms with Crippen molar-refractivity contribution >= 4 is 0 Å². The molecular weight excluding hydrogens is 242 g/mol. The van der Waals surface area contributed by atoms with Gasteiger partial charge >= 0.3 is 0 Å². The molecule has 20 heavy (non-hydrogen) atoms. The zero-order valence-corrected chi connectivity index (χ0v) is 13.8. The van der Waals surface area contributed by atoms with Gasteiger partial charge in [0.25, 0.3) is 0 Å². The summed E-state index contributed by atoms with van der Waals surface area (Å²) < 4.78 is 0. The van der Waals surface area contributed by atoms with Gasteiger partial charge in [0.1, 0.15) is 0 Å². The molecule has 1 nitrogen and oxygen atoms in total. The summed E-state index contributed by atoms with van der Waals surface area (Å²) in [5, 5.41) is 3.46. The van der Waals surface area contributed by atoms with Crippen LogP contribution in [0.5, 0.6) is 0 Å². The van der Waals surface area contributed by atoms with Crippen molar-refractivity contribution in [3.8, 4) is 0 Å². The molecule has 0 saturated heterocycles. The van der Waals surface area contributed by atoms with E-state index in [1.807, 2.05) is 0 Å². The standard InChI is InChI=1S/C19H33N/c1-4-5-6-7-8-9-10-11-12-19(20-3)18-15-13-17(2)14-16-18/h13-16,19-20H,4-12H2,1-3H3. The molecule has 0 radical (unpaired) electrons. The molecule has 1 unspecified atom stereocenters. The molecule has 1 rings (SSSR count). The highest BCUT2D eigenvalue weighted by molar-refractivity contribution is 5.23. The minimum Gasteiger partial charge on any atom is -0.313 e. The quantitative estimate of drug-likeness (QED) is 0.504. The summed E-state index contributed by atoms with van der Waals surface area (Å²) in [5.74, 6) is 0. The number of benzene rings is 1. The lowest BCUT2D eigenvalue weighted by Gasteiger charge is -2.16. The number of hydrogen-bond acceptors (Lipinski definition) is 1. The molecule has 0 bridgehead atoms. The zero-order valence-electron chi connectivity index (χ0n) is 13.8. The van der Waals surface area contributed by atoms with Crippen LogP contribution in [0.25, 0.3) is 0 Å². The fourth-order valence-corrected chi connectivity index (χ4v) is 2.76. The predicted molar refractivity (Wildman–Crippen MR) is 90.2 cm³/mol. The van der Waals surface area contributed by atoms with Gasteiger partial charge in [-0.2, -0.15) is 0 Å². The molecule has 0 fully saturated rings. The Balaban J connectivity index is 2.14. The summed E-state index contributed by atoms with van der Waals surface area (Å²) in [5.41, 5.74) is 2.77. The highest BCUT2D eigenvalue weighted by atomic mass is 14.9. The molecule has 0 aliphatic carbocycles. The minimum atomic E-state index is 0.524. The van der Waals surface area contributed by atoms with Crippen molar-refractivity contribution in [2.24, 2.45) is 0 Å². The predicted octanol–water partition coefficient (Wildman–Crippen LogP) is 5.79. The van der Waals surface area contributed by atoms with Crippen molar-refractivity contribution in [1.29, 1.82) is 0 Å². The third kappa shape index (κ3) is 7.09. The van der Waals surface area contributed by atoms with Crippen LogP contribution in [0.15, 0.2) is 24.3 Å². The van der Waals surface area contributed by atoms with Gasteiger partial charge in [0, 0.05) is 6.04 Å². The van der Waals surface area contributed by atoms with Crippen LogP contribution in [-0.4, -0.2) is 7.05 Å². The third-order valence-electron chi connectivity index (χ3n) is 4.17. The summed E-state index contributed by atoms with van der Waals surface area (Å²) in [6.07, 6.45) is 12.4. The summed E-state index contributed by atoms with van der Waals surface area (Å²) in [7, 11) is 2.08. The molecule has 114 valence electrons. The second-order valence-electron chi connectivity index (χ2n) is 6.02. The molecule has 0 spiro atoms. The van der Waals surface area contributed by atoms with Crippen LogP contribution in [0.1, 0.15) is 81.9 Å². The Kier molecular flexibility index (Phi) is 9.40. The summed E-state index contributed by atoms with van der Waals surface area (Å²) in [6, 6.07) is 9.49. The number of nitrogens with one attached hydrogen (secondary N) is 1. The van der Waals surface area contributed by atoms with E-state index in [4.69, 9.17) is 0 Å². The highest BCUT2D eigenvalue weighted by Crippen LogP contribution is 2.20. The zero-order chi connectivity index (χ0) is 14.6. The Bertz CT molecular complexity index is 328. The van der Waals surface area contributed by atoms with E-state index < -0.39 is 0 Å². The van der Waals surface area contributed by atoms with Crippen molar-refractivity contribution in [3.05, 3.63) is 35.4 Å². The Morgan fingerprint density at radius 3 is 1.95 bits per heavy atom. The van der Waals surface area contributed by atoms with Gasteiger partial charge in [-0.05, 0) is 26.0 Å². The first-order valence-corrected chi connectivity index (χ1v) is 8.51. The third-order valence-corrected chi connectivity index (χ3v) is 4.17. The molecule has 1 heteroatoms. The van der Waals surface area contributed by atoms with Gasteiger partial charge < -0.3 is 5.32 Å². The molecule has 0 heterocycles. The average Bonchev–Trinajstić information content (AvgIpc) is 2.47. The van der Waals surface area contributed by atoms with Gasteiger partial charge in [-0.1, -0.05) is 88.1 Å². The first-order valence-electron chi connectivity index (χ1n) is 8.51. The van der Waals surface area contributed by atoms with Crippen molar-refractivity contribution in [2.75, 3.05) is 7.05 Å². The number of unbranched alkanes of at least 4 members (excludes halogenated alkanes) is 7. The summed E-state index contributed by atoms with van der Waals surface area (Å²) >= 11 is 0. The van der Waals surface area contributed by atoms with E-state index in [1.54, 1.807) is 0 Å². The molecule has 0 aromatic heterocycles. The van der Waals surface area contributed by atoms with E-state index in [-0.39, 0.29) is 0 Å². The highest BCUT2D eigenvalue weighted by Gasteiger charge is 2.07. The van der Waals surface area contributed by atoms with Crippen LogP contribution in [0.4, 0.5) is 0 Å². The van der Waals surface area contributed by atoms with Gasteiger partial charge in [0.15, 0.2) is 0 Å². The largest absolute Gasteiger partial charge is 0.313 e. The van der Waals surface area contributed by atoms with Crippen molar-refractivity contribution in [3.63, 3.8) is 0 Å². The van der Waals surface area contributed by atoms with Gasteiger partial charge in [-0.25, -0.2) is 0 Å². The van der Waals surface area contributed by atoms with Gasteiger partial charge in [0.05, 0.1) is 0 Å². The lowest BCUT2D eigenvalue weighted by molar-refractivity contribution is 0.494. The molecule has 1 atom stereocenters. The van der Waals surface area contributed by atoms with Crippen LogP contribution >= 0.6 is 0 Å². The van der Waals surface area contributed by atoms with E-state index in [9.17, 15) is 0 Å². The van der Waals surface area contributed by atoms with Gasteiger partial charge in [0.2, 0.25) is 0 Å². The summed E-state index contributed by atoms with van der Waals surface area (Å²) in [4.78, 5) is 0. The number of aryl methyl sites for hydroxylation is 1. The second kappa shape index (κ2) is 10.9. The van der Waals surface area contributed by atoms with Crippen LogP contribution < -0.4 is 5.32 Å². The van der Waals surface area contributed by atoms with Crippen LogP contribution in [-0.2, 0) is 0 Å². The fraction of sp³-hybridized carbons (Fsp3) is 0.684. The minimum absolute atomic E-state index is 0.524. The van der Waals surface area contributed by atoms with E-state index >= 15 is 0 Å². The lowest BCUT2D eigenvalue weighted by atomic mass is 9.99. The topological polar surface area (TPSA) is 12.0 Å². The molecule has 1 N–H and O–H groups in total. The lowest BCUT2D eigenvalue weighted by Crippen LogP contribution is -2.16. The van der Waals surface area contributed by atoms with Crippen LogP contribution in [0.2, 0.25) is 0 Å². The first kappa shape index (κ1) is 17.2. The Morgan fingerprint density at radius 1 is 0.850 bits per heavy atom. The van der Waals surface area contributed by atoms with Gasteiger partial charge in [-0.15, -0.1) is 0 Å². The maximum absolute atomic E-state index is 3.46. The first-order chi connectivity index (χ1) is 9.77. The van der Waals surface area contributed by atoms with Crippen molar-refractivity contribution in [2.45, 2.75) is 77.7 Å². The smallest absolute Gasteiger partial charge is 0.0317 e. The molecule has 0 saturated carbocycles. The number of rotatable bonds is 11. The van der Waals surface area contributed by atoms with Crippen molar-refractivity contribution in [1.82, 2.24) is 5.32 Å². The number of hydrogen-bond donors (Lipinski definition) is 1. The molecular formula is C19H33N. The van der Waals surface area contributed by atoms with Crippen LogP contribution in [0, 0.1) is 6.92 Å². The molecule has 0 aliphatic heterocycles. The molecule has 1 aromatic carbocycles. The fourth-order valence-electron chi connectivity index (χ4n) is 2.76. The van der Waals surface area contributed by atoms with E-state index in [1.165, 1.54) is 68.9 Å². The molecule has 1 aromatic rings. The normalized spacial score (nSPS) is 12.6. The molecule has 0 amide bonds. The van der Waals surface area contributed by atoms with E-state index in [0.29, 0.717) is 6.04 Å². The monoisotopic (exact) mass is 275 g/mol.